The van der Waals surface area contributed by atoms with Gasteiger partial charge >= 0.3 is 0 Å². The predicted molar refractivity (Wildman–Crippen MR) is 57.1 cm³/mol. The van der Waals surface area contributed by atoms with Gasteiger partial charge in [-0.15, -0.1) is 0 Å². The monoisotopic (exact) mass is 217 g/mol. The van der Waals surface area contributed by atoms with Gasteiger partial charge in [-0.2, -0.15) is 10.4 Å². The number of hydrogen-bond acceptors (Lipinski definition) is 4. The second-order valence-electron chi connectivity index (χ2n) is 3.52. The Balaban J connectivity index is 2.28. The van der Waals surface area contributed by atoms with E-state index in [0.717, 1.165) is 5.52 Å². The Hall–Kier alpha value is -2.06. The number of nitriles is 1. The molecule has 0 fully saturated rings. The van der Waals surface area contributed by atoms with E-state index in [1.54, 1.807) is 29.8 Å². The molecular weight excluding hydrogens is 206 g/mol. The Morgan fingerprint density at radius 1 is 1.62 bits per heavy atom. The van der Waals surface area contributed by atoms with Crippen LogP contribution in [0.4, 0.5) is 0 Å². The number of hydrogen-bond donors (Lipinski definition) is 1. The zero-order valence-electron chi connectivity index (χ0n) is 8.79. The smallest absolute Gasteiger partial charge is 0.137 e. The highest BCUT2D eigenvalue weighted by Crippen LogP contribution is 2.15. The molecule has 0 aliphatic carbocycles. The molecular formula is C11H11N3O2. The van der Waals surface area contributed by atoms with Gasteiger partial charge in [0.2, 0.25) is 0 Å². The molecule has 0 radical (unpaired) electrons. The molecule has 5 nitrogen and oxygen atoms in total. The summed E-state index contributed by atoms with van der Waals surface area (Å²) in [6.07, 6.45) is 2.68. The van der Waals surface area contributed by atoms with Crippen molar-refractivity contribution >= 4 is 5.52 Å². The molecule has 0 bridgehead atoms. The van der Waals surface area contributed by atoms with E-state index in [4.69, 9.17) is 15.1 Å². The summed E-state index contributed by atoms with van der Waals surface area (Å²) >= 11 is 0. The molecule has 2 aromatic heterocycles. The first-order chi connectivity index (χ1) is 7.70. The number of nitrogens with zero attached hydrogens (tertiary/aromatic N) is 3. The summed E-state index contributed by atoms with van der Waals surface area (Å²) < 4.78 is 6.90. The third kappa shape index (κ3) is 1.97. The minimum atomic E-state index is -0.511. The maximum absolute atomic E-state index is 9.08. The Labute approximate surface area is 92.5 Å². The first kappa shape index (κ1) is 10.5. The molecule has 0 amide bonds. The maximum atomic E-state index is 9.08. The predicted octanol–water partition coefficient (Wildman–Crippen LogP) is 0.966. The van der Waals surface area contributed by atoms with Crippen LogP contribution in [0.15, 0.2) is 24.5 Å². The Bertz CT molecular complexity index is 540. The van der Waals surface area contributed by atoms with Crippen LogP contribution in [0, 0.1) is 11.3 Å². The van der Waals surface area contributed by atoms with Crippen molar-refractivity contribution in [2.75, 3.05) is 6.61 Å². The zero-order chi connectivity index (χ0) is 11.5. The fraction of sp³-hybridized carbons (Fsp3) is 0.273. The molecule has 2 heterocycles. The van der Waals surface area contributed by atoms with Gasteiger partial charge in [-0.05, 0) is 19.1 Å². The van der Waals surface area contributed by atoms with Gasteiger partial charge in [0.15, 0.2) is 0 Å². The average molecular weight is 217 g/mol. The number of aliphatic hydroxyl groups is 1. The molecule has 1 unspecified atom stereocenters. The largest absolute Gasteiger partial charge is 0.489 e. The van der Waals surface area contributed by atoms with Gasteiger partial charge in [0.25, 0.3) is 0 Å². The molecule has 2 aromatic rings. The van der Waals surface area contributed by atoms with Crippen molar-refractivity contribution in [1.29, 1.82) is 5.26 Å². The van der Waals surface area contributed by atoms with Gasteiger partial charge in [0.05, 0.1) is 29.6 Å². The van der Waals surface area contributed by atoms with Crippen LogP contribution >= 0.6 is 0 Å². The summed E-state index contributed by atoms with van der Waals surface area (Å²) in [6, 6.07) is 5.57. The van der Waals surface area contributed by atoms with Gasteiger partial charge in [0.1, 0.15) is 18.4 Å². The quantitative estimate of drug-likeness (QED) is 0.831. The van der Waals surface area contributed by atoms with Crippen molar-refractivity contribution in [3.05, 3.63) is 30.1 Å². The van der Waals surface area contributed by atoms with E-state index in [0.29, 0.717) is 11.3 Å². The zero-order valence-corrected chi connectivity index (χ0v) is 8.79. The normalized spacial score (nSPS) is 12.3. The molecule has 0 aliphatic heterocycles. The van der Waals surface area contributed by atoms with Gasteiger partial charge in [-0.3, -0.25) is 0 Å². The molecule has 0 aliphatic rings. The number of rotatable bonds is 3. The third-order valence-electron chi connectivity index (χ3n) is 2.10. The van der Waals surface area contributed by atoms with E-state index in [1.807, 2.05) is 0 Å². The summed E-state index contributed by atoms with van der Waals surface area (Å²) in [5.41, 5.74) is 1.27. The van der Waals surface area contributed by atoms with Crippen LogP contribution < -0.4 is 4.74 Å². The van der Waals surface area contributed by atoms with Crippen LogP contribution in [0.1, 0.15) is 12.5 Å². The highest BCUT2D eigenvalue weighted by molar-refractivity contribution is 5.60. The maximum Gasteiger partial charge on any atom is 0.137 e. The molecule has 1 N–H and O–H groups in total. The van der Waals surface area contributed by atoms with E-state index in [2.05, 4.69) is 11.2 Å². The Kier molecular flexibility index (Phi) is 2.75. The van der Waals surface area contributed by atoms with Crippen LogP contribution in [-0.4, -0.2) is 27.4 Å². The second kappa shape index (κ2) is 4.21. The molecule has 2 rings (SSSR count). The summed E-state index contributed by atoms with van der Waals surface area (Å²) in [4.78, 5) is 0. The molecule has 1 atom stereocenters. The van der Waals surface area contributed by atoms with E-state index < -0.39 is 6.10 Å². The summed E-state index contributed by atoms with van der Waals surface area (Å²) in [5.74, 6) is 0.612. The van der Waals surface area contributed by atoms with Crippen molar-refractivity contribution in [1.82, 2.24) is 9.61 Å². The fourth-order valence-corrected chi connectivity index (χ4v) is 1.35. The van der Waals surface area contributed by atoms with E-state index >= 15 is 0 Å². The second-order valence-corrected chi connectivity index (χ2v) is 3.52. The third-order valence-corrected chi connectivity index (χ3v) is 2.10. The number of pyridine rings is 1. The molecule has 5 heteroatoms. The highest BCUT2D eigenvalue weighted by Gasteiger charge is 2.04. The number of aromatic nitrogens is 2. The molecule has 82 valence electrons. The summed E-state index contributed by atoms with van der Waals surface area (Å²) in [7, 11) is 0. The van der Waals surface area contributed by atoms with Gasteiger partial charge < -0.3 is 9.84 Å². The lowest BCUT2D eigenvalue weighted by molar-refractivity contribution is 0.122. The Morgan fingerprint density at radius 2 is 2.44 bits per heavy atom. The minimum Gasteiger partial charge on any atom is -0.489 e. The van der Waals surface area contributed by atoms with Crippen LogP contribution in [-0.2, 0) is 0 Å². The first-order valence-corrected chi connectivity index (χ1v) is 4.89. The first-order valence-electron chi connectivity index (χ1n) is 4.89. The standard InChI is InChI=1S/C11H11N3O2/c1-8(15)7-16-10-2-3-11-9(4-12)5-13-14(11)6-10/h2-3,5-6,8,15H,7H2,1H3. The highest BCUT2D eigenvalue weighted by atomic mass is 16.5. The van der Waals surface area contributed by atoms with Crippen molar-refractivity contribution in [3.63, 3.8) is 0 Å². The van der Waals surface area contributed by atoms with E-state index in [-0.39, 0.29) is 6.61 Å². The van der Waals surface area contributed by atoms with E-state index in [9.17, 15) is 0 Å². The van der Waals surface area contributed by atoms with Crippen molar-refractivity contribution in [2.24, 2.45) is 0 Å². The van der Waals surface area contributed by atoms with Crippen molar-refractivity contribution < 1.29 is 9.84 Å². The molecule has 16 heavy (non-hydrogen) atoms. The number of ether oxygens (including phenoxy) is 1. The van der Waals surface area contributed by atoms with Crippen LogP contribution in [0.5, 0.6) is 5.75 Å². The lowest BCUT2D eigenvalue weighted by atomic mass is 10.3. The molecule has 0 spiro atoms. The topological polar surface area (TPSA) is 70.5 Å². The van der Waals surface area contributed by atoms with Crippen LogP contribution in [0.2, 0.25) is 0 Å². The van der Waals surface area contributed by atoms with Crippen molar-refractivity contribution in [3.8, 4) is 11.8 Å². The summed E-state index contributed by atoms with van der Waals surface area (Å²) in [5, 5.41) is 21.9. The lowest BCUT2D eigenvalue weighted by Gasteiger charge is -2.07. The number of aliphatic hydroxyl groups excluding tert-OH is 1. The molecule has 0 saturated heterocycles. The average Bonchev–Trinajstić information content (AvgIpc) is 2.68. The summed E-state index contributed by atoms with van der Waals surface area (Å²) in [6.45, 7) is 1.89. The SMILES string of the molecule is CC(O)COc1ccc2c(C#N)cnn2c1. The van der Waals surface area contributed by atoms with Crippen LogP contribution in [0.3, 0.4) is 0 Å². The van der Waals surface area contributed by atoms with E-state index in [1.165, 1.54) is 6.20 Å². The van der Waals surface area contributed by atoms with Gasteiger partial charge in [0, 0.05) is 0 Å². The minimum absolute atomic E-state index is 0.234. The Morgan fingerprint density at radius 3 is 3.12 bits per heavy atom. The number of fused-ring (bicyclic) bond motifs is 1. The van der Waals surface area contributed by atoms with Gasteiger partial charge in [-0.1, -0.05) is 0 Å². The lowest BCUT2D eigenvalue weighted by Crippen LogP contribution is -2.12. The van der Waals surface area contributed by atoms with Gasteiger partial charge in [-0.25, -0.2) is 4.52 Å². The molecule has 0 aromatic carbocycles. The van der Waals surface area contributed by atoms with Crippen molar-refractivity contribution in [2.45, 2.75) is 13.0 Å². The van der Waals surface area contributed by atoms with Crippen LogP contribution in [0.25, 0.3) is 5.52 Å². The fourth-order valence-electron chi connectivity index (χ4n) is 1.35. The molecule has 0 saturated carbocycles.